The first-order valence-corrected chi connectivity index (χ1v) is 11.3. The summed E-state index contributed by atoms with van der Waals surface area (Å²) in [7, 11) is 0. The van der Waals surface area contributed by atoms with Crippen molar-refractivity contribution < 1.29 is 9.59 Å². The fourth-order valence-electron chi connectivity index (χ4n) is 4.56. The quantitative estimate of drug-likeness (QED) is 0.568. The van der Waals surface area contributed by atoms with Crippen LogP contribution in [0.25, 0.3) is 0 Å². The number of amides is 1. The van der Waals surface area contributed by atoms with E-state index in [2.05, 4.69) is 40.4 Å². The second kappa shape index (κ2) is 8.12. The number of aryl methyl sites for hydroxylation is 1. The lowest BCUT2D eigenvalue weighted by atomic mass is 9.68. The maximum absolute atomic E-state index is 13.5. The van der Waals surface area contributed by atoms with Gasteiger partial charge in [0.2, 0.25) is 0 Å². The third kappa shape index (κ3) is 4.38. The summed E-state index contributed by atoms with van der Waals surface area (Å²) >= 11 is 3.49. The molecule has 2 aromatic rings. The zero-order chi connectivity index (χ0) is 22.3. The molecule has 0 aromatic heterocycles. The number of carbonyl (C=O) groups excluding carboxylic acids is 2. The van der Waals surface area contributed by atoms with Crippen molar-refractivity contribution in [2.45, 2.75) is 46.5 Å². The van der Waals surface area contributed by atoms with E-state index >= 15 is 0 Å². The maximum Gasteiger partial charge on any atom is 0.254 e. The first kappa shape index (κ1) is 21.6. The van der Waals surface area contributed by atoms with Crippen LogP contribution < -0.4 is 10.6 Å². The molecule has 0 spiro atoms. The summed E-state index contributed by atoms with van der Waals surface area (Å²) in [5.74, 6) is -0.468. The average Bonchev–Trinajstić information content (AvgIpc) is 2.68. The molecule has 1 amide bonds. The molecule has 0 radical (unpaired) electrons. The van der Waals surface area contributed by atoms with E-state index in [9.17, 15) is 9.59 Å². The van der Waals surface area contributed by atoms with E-state index in [0.29, 0.717) is 12.0 Å². The molecule has 160 valence electrons. The van der Waals surface area contributed by atoms with E-state index < -0.39 is 5.92 Å². The van der Waals surface area contributed by atoms with Crippen molar-refractivity contribution in [1.29, 1.82) is 0 Å². The Balaban J connectivity index is 1.79. The first-order chi connectivity index (χ1) is 14.6. The lowest BCUT2D eigenvalue weighted by Gasteiger charge is -2.39. The molecular weight excluding hydrogens is 452 g/mol. The monoisotopic (exact) mass is 478 g/mol. The van der Waals surface area contributed by atoms with E-state index in [4.69, 9.17) is 0 Å². The van der Waals surface area contributed by atoms with E-state index in [1.807, 2.05) is 62.4 Å². The smallest absolute Gasteiger partial charge is 0.254 e. The van der Waals surface area contributed by atoms with E-state index in [0.717, 1.165) is 44.7 Å². The summed E-state index contributed by atoms with van der Waals surface area (Å²) in [6, 6.07) is 15.6. The van der Waals surface area contributed by atoms with Gasteiger partial charge in [0.1, 0.15) is 0 Å². The molecule has 0 unspecified atom stereocenters. The molecule has 1 aliphatic carbocycles. The van der Waals surface area contributed by atoms with Crippen molar-refractivity contribution >= 4 is 33.3 Å². The van der Waals surface area contributed by atoms with Crippen LogP contribution in [0.1, 0.15) is 50.7 Å². The van der Waals surface area contributed by atoms with Gasteiger partial charge in [-0.2, -0.15) is 0 Å². The van der Waals surface area contributed by atoms with Crippen LogP contribution in [0.5, 0.6) is 0 Å². The van der Waals surface area contributed by atoms with Crippen molar-refractivity contribution in [2.24, 2.45) is 5.41 Å². The summed E-state index contributed by atoms with van der Waals surface area (Å²) in [4.78, 5) is 26.8. The number of hydrogen-bond acceptors (Lipinski definition) is 3. The largest absolute Gasteiger partial charge is 0.362 e. The number of Topliss-reactive ketones (excluding diaryl/α,β-unsaturated/α-hetero) is 1. The molecular formula is C26H27BrN2O2. The highest BCUT2D eigenvalue weighted by Gasteiger charge is 2.42. The van der Waals surface area contributed by atoms with Crippen LogP contribution in [0.2, 0.25) is 0 Å². The van der Waals surface area contributed by atoms with Gasteiger partial charge < -0.3 is 10.6 Å². The van der Waals surface area contributed by atoms with Gasteiger partial charge in [0.25, 0.3) is 5.91 Å². The van der Waals surface area contributed by atoms with Gasteiger partial charge >= 0.3 is 0 Å². The molecule has 0 fully saturated rings. The van der Waals surface area contributed by atoms with Crippen molar-refractivity contribution in [3.8, 4) is 0 Å². The molecule has 4 rings (SSSR count). The molecule has 2 N–H and O–H groups in total. The highest BCUT2D eigenvalue weighted by molar-refractivity contribution is 9.10. The van der Waals surface area contributed by atoms with Crippen molar-refractivity contribution in [1.82, 2.24) is 5.32 Å². The number of ketones is 1. The molecule has 31 heavy (non-hydrogen) atoms. The average molecular weight is 479 g/mol. The fraction of sp³-hybridized carbons (Fsp3) is 0.308. The Bertz CT molecular complexity index is 1110. The molecule has 2 aliphatic rings. The standard InChI is InChI=1S/C26H27BrN2O2/c1-15-5-11-19(12-6-15)29-25(31)22-16(2)28-20-13-26(3,4)14-21(30)24(20)23(22)17-7-9-18(27)10-8-17/h5-12,23,28H,13-14H2,1-4H3,(H,29,31)/t23-/m0/s1. The van der Waals surface area contributed by atoms with Crippen molar-refractivity contribution in [3.05, 3.63) is 86.7 Å². The van der Waals surface area contributed by atoms with Crippen LogP contribution in [0.15, 0.2) is 75.5 Å². The van der Waals surface area contributed by atoms with E-state index in [1.165, 1.54) is 0 Å². The molecule has 2 aromatic carbocycles. The minimum absolute atomic E-state index is 0.102. The van der Waals surface area contributed by atoms with Gasteiger partial charge in [0.15, 0.2) is 5.78 Å². The lowest BCUT2D eigenvalue weighted by Crippen LogP contribution is -2.39. The zero-order valence-electron chi connectivity index (χ0n) is 18.3. The van der Waals surface area contributed by atoms with Gasteiger partial charge in [-0.1, -0.05) is 59.6 Å². The Morgan fingerprint density at radius 1 is 1.03 bits per heavy atom. The second-order valence-electron chi connectivity index (χ2n) is 9.30. The Morgan fingerprint density at radius 2 is 1.68 bits per heavy atom. The number of dihydropyridines is 1. The van der Waals surface area contributed by atoms with Crippen LogP contribution >= 0.6 is 15.9 Å². The van der Waals surface area contributed by atoms with Gasteiger partial charge in [-0.25, -0.2) is 0 Å². The summed E-state index contributed by atoms with van der Waals surface area (Å²) in [5.41, 5.74) is 5.76. The minimum Gasteiger partial charge on any atom is -0.362 e. The van der Waals surface area contributed by atoms with Gasteiger partial charge in [0.05, 0.1) is 0 Å². The summed E-state index contributed by atoms with van der Waals surface area (Å²) in [6.45, 7) is 8.16. The molecule has 1 heterocycles. The Hall–Kier alpha value is -2.66. The number of nitrogens with one attached hydrogen (secondary N) is 2. The molecule has 1 aliphatic heterocycles. The predicted octanol–water partition coefficient (Wildman–Crippen LogP) is 6.00. The maximum atomic E-state index is 13.5. The van der Waals surface area contributed by atoms with Gasteiger partial charge in [0, 0.05) is 45.0 Å². The van der Waals surface area contributed by atoms with Gasteiger partial charge in [-0.05, 0) is 55.5 Å². The second-order valence-corrected chi connectivity index (χ2v) is 10.2. The topological polar surface area (TPSA) is 58.2 Å². The third-order valence-electron chi connectivity index (χ3n) is 6.00. The fourth-order valence-corrected chi connectivity index (χ4v) is 4.83. The molecule has 0 saturated heterocycles. The van der Waals surface area contributed by atoms with Crippen LogP contribution in [0, 0.1) is 12.3 Å². The SMILES string of the molecule is CC1=C(C(=O)Nc2ccc(C)cc2)[C@H](c2ccc(Br)cc2)C2=C(CC(C)(C)CC2=O)N1. The molecule has 1 atom stereocenters. The number of halogens is 1. The third-order valence-corrected chi connectivity index (χ3v) is 6.53. The molecule has 0 bridgehead atoms. The Morgan fingerprint density at radius 3 is 2.32 bits per heavy atom. The van der Waals surface area contributed by atoms with E-state index in [1.54, 1.807) is 0 Å². The highest BCUT2D eigenvalue weighted by Crippen LogP contribution is 2.46. The zero-order valence-corrected chi connectivity index (χ0v) is 19.9. The summed E-state index contributed by atoms with van der Waals surface area (Å²) in [6.07, 6.45) is 1.26. The van der Waals surface area contributed by atoms with Crippen molar-refractivity contribution in [2.75, 3.05) is 5.32 Å². The van der Waals surface area contributed by atoms with Crippen LogP contribution in [-0.2, 0) is 9.59 Å². The van der Waals surface area contributed by atoms with Gasteiger partial charge in [-0.3, -0.25) is 9.59 Å². The number of allylic oxidation sites excluding steroid dienone is 3. The normalized spacial score (nSPS) is 20.3. The predicted molar refractivity (Wildman–Crippen MR) is 128 cm³/mol. The van der Waals surface area contributed by atoms with E-state index in [-0.39, 0.29) is 17.1 Å². The first-order valence-electron chi connectivity index (χ1n) is 10.5. The lowest BCUT2D eigenvalue weighted by molar-refractivity contribution is -0.118. The number of rotatable bonds is 3. The molecule has 4 nitrogen and oxygen atoms in total. The van der Waals surface area contributed by atoms with Crippen LogP contribution in [0.3, 0.4) is 0 Å². The number of carbonyl (C=O) groups is 2. The Labute approximate surface area is 191 Å². The Kier molecular flexibility index (Phi) is 5.65. The summed E-state index contributed by atoms with van der Waals surface area (Å²) in [5, 5.41) is 6.44. The summed E-state index contributed by atoms with van der Waals surface area (Å²) < 4.78 is 0.960. The number of benzene rings is 2. The van der Waals surface area contributed by atoms with Crippen LogP contribution in [0.4, 0.5) is 5.69 Å². The highest BCUT2D eigenvalue weighted by atomic mass is 79.9. The number of hydrogen-bond donors (Lipinski definition) is 2. The van der Waals surface area contributed by atoms with Gasteiger partial charge in [-0.15, -0.1) is 0 Å². The minimum atomic E-state index is -0.390. The van der Waals surface area contributed by atoms with Crippen LogP contribution in [-0.4, -0.2) is 11.7 Å². The van der Waals surface area contributed by atoms with Crippen molar-refractivity contribution in [3.63, 3.8) is 0 Å². The number of anilines is 1. The molecule has 0 saturated carbocycles. The molecule has 5 heteroatoms.